The molecule has 0 bridgehead atoms. The molecule has 0 saturated heterocycles. The van der Waals surface area contributed by atoms with Gasteiger partial charge in [0.25, 0.3) is 0 Å². The lowest BCUT2D eigenvalue weighted by Gasteiger charge is -2.01. The van der Waals surface area contributed by atoms with Gasteiger partial charge in [0.2, 0.25) is 0 Å². The number of aromatic nitrogens is 5. The van der Waals surface area contributed by atoms with Crippen LogP contribution >= 0.6 is 11.6 Å². The van der Waals surface area contributed by atoms with E-state index in [0.717, 1.165) is 22.3 Å². The van der Waals surface area contributed by atoms with Crippen LogP contribution in [-0.2, 0) is 14.1 Å². The number of rotatable bonds is 1. The van der Waals surface area contributed by atoms with E-state index in [1.165, 1.54) is 6.33 Å². The van der Waals surface area contributed by atoms with Gasteiger partial charge in [0.15, 0.2) is 5.15 Å². The molecule has 0 atom stereocenters. The molecule has 5 nitrogen and oxygen atoms in total. The summed E-state index contributed by atoms with van der Waals surface area (Å²) in [5.74, 6) is 0. The van der Waals surface area contributed by atoms with Crippen molar-refractivity contribution >= 4 is 22.6 Å². The maximum absolute atomic E-state index is 6.08. The fourth-order valence-corrected chi connectivity index (χ4v) is 2.23. The molecule has 0 unspecified atom stereocenters. The molecule has 0 aliphatic heterocycles. The molecule has 0 amide bonds. The summed E-state index contributed by atoms with van der Waals surface area (Å²) < 4.78 is 3.75. The second-order valence-electron chi connectivity index (χ2n) is 3.89. The van der Waals surface area contributed by atoms with Crippen molar-refractivity contribution in [1.29, 1.82) is 0 Å². The van der Waals surface area contributed by atoms with Crippen molar-refractivity contribution in [3.63, 3.8) is 0 Å². The van der Waals surface area contributed by atoms with Crippen LogP contribution in [0.5, 0.6) is 0 Å². The minimum absolute atomic E-state index is 0.465. The Labute approximate surface area is 103 Å². The van der Waals surface area contributed by atoms with E-state index >= 15 is 0 Å². The van der Waals surface area contributed by atoms with Crippen LogP contribution in [0.25, 0.3) is 22.3 Å². The van der Waals surface area contributed by atoms with Crippen LogP contribution in [0, 0.1) is 0 Å². The zero-order valence-electron chi connectivity index (χ0n) is 9.42. The van der Waals surface area contributed by atoms with Crippen LogP contribution in [0.1, 0.15) is 0 Å². The SMILES string of the molecule is Cn1cc(-c2cc3ncnc(Cl)c3n2C)cn1. The summed E-state index contributed by atoms with van der Waals surface area (Å²) in [5, 5.41) is 4.63. The van der Waals surface area contributed by atoms with Crippen molar-refractivity contribution in [1.82, 2.24) is 24.3 Å². The lowest BCUT2D eigenvalue weighted by Crippen LogP contribution is -1.92. The van der Waals surface area contributed by atoms with Gasteiger partial charge in [-0.1, -0.05) is 11.6 Å². The molecule has 0 aromatic carbocycles. The van der Waals surface area contributed by atoms with Crippen molar-refractivity contribution < 1.29 is 0 Å². The molecule has 6 heteroatoms. The van der Waals surface area contributed by atoms with Gasteiger partial charge in [0.05, 0.1) is 17.4 Å². The summed E-state index contributed by atoms with van der Waals surface area (Å²) in [6, 6.07) is 1.99. The standard InChI is InChI=1S/C11H10ClN5/c1-16-5-7(4-15-16)9-3-8-10(17(9)2)11(12)14-6-13-8/h3-6H,1-2H3. The highest BCUT2D eigenvalue weighted by molar-refractivity contribution is 6.33. The molecule has 0 saturated carbocycles. The average molecular weight is 248 g/mol. The van der Waals surface area contributed by atoms with Crippen LogP contribution in [0.2, 0.25) is 5.15 Å². The van der Waals surface area contributed by atoms with Crippen molar-refractivity contribution in [3.05, 3.63) is 29.9 Å². The molecule has 3 aromatic rings. The zero-order valence-corrected chi connectivity index (χ0v) is 10.2. The number of aryl methyl sites for hydroxylation is 2. The molecule has 0 aliphatic carbocycles. The molecule has 0 fully saturated rings. The van der Waals surface area contributed by atoms with Crippen LogP contribution in [-0.4, -0.2) is 24.3 Å². The molecule has 0 radical (unpaired) electrons. The van der Waals surface area contributed by atoms with Gasteiger partial charge in [0, 0.05) is 25.9 Å². The van der Waals surface area contributed by atoms with E-state index in [0.29, 0.717) is 5.15 Å². The Morgan fingerprint density at radius 3 is 2.71 bits per heavy atom. The fourth-order valence-electron chi connectivity index (χ4n) is 1.96. The van der Waals surface area contributed by atoms with Gasteiger partial charge in [-0.3, -0.25) is 4.68 Å². The van der Waals surface area contributed by atoms with Crippen molar-refractivity contribution in [2.75, 3.05) is 0 Å². The number of hydrogen-bond acceptors (Lipinski definition) is 3. The highest BCUT2D eigenvalue weighted by Crippen LogP contribution is 2.28. The summed E-state index contributed by atoms with van der Waals surface area (Å²) in [5.41, 5.74) is 3.74. The monoisotopic (exact) mass is 247 g/mol. The minimum atomic E-state index is 0.465. The first-order chi connectivity index (χ1) is 8.16. The number of halogens is 1. The molecule has 0 N–H and O–H groups in total. The van der Waals surface area contributed by atoms with Gasteiger partial charge in [0.1, 0.15) is 11.8 Å². The molecule has 86 valence electrons. The van der Waals surface area contributed by atoms with Gasteiger partial charge in [-0.15, -0.1) is 0 Å². The van der Waals surface area contributed by atoms with E-state index in [9.17, 15) is 0 Å². The molecular weight excluding hydrogens is 238 g/mol. The van der Waals surface area contributed by atoms with E-state index in [-0.39, 0.29) is 0 Å². The highest BCUT2D eigenvalue weighted by atomic mass is 35.5. The zero-order chi connectivity index (χ0) is 12.0. The summed E-state index contributed by atoms with van der Waals surface area (Å²) in [6.45, 7) is 0. The van der Waals surface area contributed by atoms with Gasteiger partial charge in [-0.2, -0.15) is 5.10 Å². The first-order valence-electron chi connectivity index (χ1n) is 5.12. The fraction of sp³-hybridized carbons (Fsp3) is 0.182. The average Bonchev–Trinajstić information content (AvgIpc) is 2.84. The molecule has 0 spiro atoms. The van der Waals surface area contributed by atoms with Crippen LogP contribution in [0.4, 0.5) is 0 Å². The first kappa shape index (κ1) is 10.3. The Bertz CT molecular complexity index is 697. The first-order valence-corrected chi connectivity index (χ1v) is 5.49. The van der Waals surface area contributed by atoms with Gasteiger partial charge in [-0.05, 0) is 6.07 Å². The summed E-state index contributed by atoms with van der Waals surface area (Å²) in [4.78, 5) is 8.21. The number of nitrogens with zero attached hydrogens (tertiary/aromatic N) is 5. The maximum atomic E-state index is 6.08. The molecule has 17 heavy (non-hydrogen) atoms. The van der Waals surface area contributed by atoms with Gasteiger partial charge in [-0.25, -0.2) is 9.97 Å². The van der Waals surface area contributed by atoms with E-state index in [1.807, 2.05) is 37.1 Å². The summed E-state index contributed by atoms with van der Waals surface area (Å²) >= 11 is 6.08. The van der Waals surface area contributed by atoms with E-state index in [2.05, 4.69) is 15.1 Å². The third-order valence-corrected chi connectivity index (χ3v) is 3.05. The summed E-state index contributed by atoms with van der Waals surface area (Å²) in [7, 11) is 3.83. The van der Waals surface area contributed by atoms with Crippen molar-refractivity contribution in [3.8, 4) is 11.3 Å². The van der Waals surface area contributed by atoms with Gasteiger partial charge < -0.3 is 4.57 Å². The van der Waals surface area contributed by atoms with E-state index in [1.54, 1.807) is 4.68 Å². The Hall–Kier alpha value is -1.88. The minimum Gasteiger partial charge on any atom is -0.340 e. The van der Waals surface area contributed by atoms with Crippen molar-refractivity contribution in [2.45, 2.75) is 0 Å². The Morgan fingerprint density at radius 1 is 1.24 bits per heavy atom. The molecule has 0 aliphatic rings. The normalized spacial score (nSPS) is 11.2. The Morgan fingerprint density at radius 2 is 2.06 bits per heavy atom. The largest absolute Gasteiger partial charge is 0.340 e. The third kappa shape index (κ3) is 1.51. The second-order valence-corrected chi connectivity index (χ2v) is 4.25. The topological polar surface area (TPSA) is 48.5 Å². The lowest BCUT2D eigenvalue weighted by atomic mass is 10.2. The number of hydrogen-bond donors (Lipinski definition) is 0. The molecule has 3 aromatic heterocycles. The second kappa shape index (κ2) is 3.56. The van der Waals surface area contributed by atoms with E-state index < -0.39 is 0 Å². The smallest absolute Gasteiger partial charge is 0.156 e. The van der Waals surface area contributed by atoms with Crippen LogP contribution in [0.15, 0.2) is 24.8 Å². The molecule has 3 rings (SSSR count). The quantitative estimate of drug-likeness (QED) is 0.618. The Kier molecular flexibility index (Phi) is 2.16. The van der Waals surface area contributed by atoms with Crippen molar-refractivity contribution in [2.24, 2.45) is 14.1 Å². The summed E-state index contributed by atoms with van der Waals surface area (Å²) in [6.07, 6.45) is 5.24. The number of fused-ring (bicyclic) bond motifs is 1. The third-order valence-electron chi connectivity index (χ3n) is 2.78. The predicted octanol–water partition coefficient (Wildman–Crippen LogP) is 2.02. The maximum Gasteiger partial charge on any atom is 0.156 e. The van der Waals surface area contributed by atoms with Crippen LogP contribution < -0.4 is 0 Å². The van der Waals surface area contributed by atoms with E-state index in [4.69, 9.17) is 11.6 Å². The highest BCUT2D eigenvalue weighted by Gasteiger charge is 2.12. The molecular formula is C11H10ClN5. The van der Waals surface area contributed by atoms with Crippen LogP contribution in [0.3, 0.4) is 0 Å². The predicted molar refractivity (Wildman–Crippen MR) is 65.7 cm³/mol. The Balaban J connectivity index is 2.32. The molecule has 3 heterocycles. The lowest BCUT2D eigenvalue weighted by molar-refractivity contribution is 0.768. The van der Waals surface area contributed by atoms with Gasteiger partial charge >= 0.3 is 0 Å².